The Morgan fingerprint density at radius 2 is 2.10 bits per heavy atom. The van der Waals surface area contributed by atoms with Crippen LogP contribution in [0.4, 0.5) is 0 Å². The Morgan fingerprint density at radius 3 is 2.75 bits per heavy atom. The molecule has 1 aromatic carbocycles. The molecule has 0 aliphatic carbocycles. The lowest BCUT2D eigenvalue weighted by atomic mass is 10.2. The van der Waals surface area contributed by atoms with Crippen molar-refractivity contribution in [1.82, 2.24) is 5.32 Å². The van der Waals surface area contributed by atoms with Gasteiger partial charge in [-0.2, -0.15) is 0 Å². The largest absolute Gasteiger partial charge is 0.491 e. The van der Waals surface area contributed by atoms with Crippen molar-refractivity contribution >= 4 is 0 Å². The van der Waals surface area contributed by atoms with Crippen LogP contribution in [0.2, 0.25) is 0 Å². The SMILES string of the molecule is CC(C)Oc1ccccc1CNCC1COC(C)(C)O1. The average Bonchev–Trinajstić information content (AvgIpc) is 2.70. The highest BCUT2D eigenvalue weighted by Gasteiger charge is 2.32. The van der Waals surface area contributed by atoms with Gasteiger partial charge in [0.2, 0.25) is 0 Å². The third-order valence-corrected chi connectivity index (χ3v) is 3.09. The number of hydrogen-bond acceptors (Lipinski definition) is 4. The van der Waals surface area contributed by atoms with E-state index in [0.717, 1.165) is 18.8 Å². The first-order valence-electron chi connectivity index (χ1n) is 7.23. The van der Waals surface area contributed by atoms with E-state index in [-0.39, 0.29) is 12.2 Å². The number of benzene rings is 1. The molecular formula is C16H25NO3. The minimum atomic E-state index is -0.453. The predicted molar refractivity (Wildman–Crippen MR) is 78.8 cm³/mol. The summed E-state index contributed by atoms with van der Waals surface area (Å²) in [5, 5.41) is 3.41. The first-order valence-corrected chi connectivity index (χ1v) is 7.23. The molecule has 0 spiro atoms. The van der Waals surface area contributed by atoms with Crippen molar-refractivity contribution in [2.75, 3.05) is 13.2 Å². The number of hydrogen-bond donors (Lipinski definition) is 1. The fourth-order valence-electron chi connectivity index (χ4n) is 2.25. The van der Waals surface area contributed by atoms with Crippen molar-refractivity contribution in [2.45, 2.75) is 52.2 Å². The van der Waals surface area contributed by atoms with Gasteiger partial charge < -0.3 is 19.5 Å². The molecule has 1 aliphatic rings. The van der Waals surface area contributed by atoms with Gasteiger partial charge in [-0.25, -0.2) is 0 Å². The Kier molecular flexibility index (Phi) is 5.02. The van der Waals surface area contributed by atoms with E-state index in [1.54, 1.807) is 0 Å². The van der Waals surface area contributed by atoms with Gasteiger partial charge in [0, 0.05) is 18.7 Å². The van der Waals surface area contributed by atoms with E-state index in [9.17, 15) is 0 Å². The van der Waals surface area contributed by atoms with Crippen molar-refractivity contribution in [3.05, 3.63) is 29.8 Å². The molecule has 112 valence electrons. The van der Waals surface area contributed by atoms with Crippen molar-refractivity contribution in [3.8, 4) is 5.75 Å². The third kappa shape index (κ3) is 4.47. The molecule has 2 rings (SSSR count). The van der Waals surface area contributed by atoms with Crippen LogP contribution < -0.4 is 10.1 Å². The van der Waals surface area contributed by atoms with Gasteiger partial charge in [-0.15, -0.1) is 0 Å². The van der Waals surface area contributed by atoms with E-state index in [4.69, 9.17) is 14.2 Å². The van der Waals surface area contributed by atoms with Crippen molar-refractivity contribution < 1.29 is 14.2 Å². The summed E-state index contributed by atoms with van der Waals surface area (Å²) in [6.07, 6.45) is 0.298. The van der Waals surface area contributed by atoms with Crippen LogP contribution in [0.15, 0.2) is 24.3 Å². The van der Waals surface area contributed by atoms with E-state index in [1.165, 1.54) is 5.56 Å². The molecule has 0 amide bonds. The zero-order valence-corrected chi connectivity index (χ0v) is 12.8. The lowest BCUT2D eigenvalue weighted by Crippen LogP contribution is -2.30. The van der Waals surface area contributed by atoms with E-state index in [1.807, 2.05) is 45.9 Å². The summed E-state index contributed by atoms with van der Waals surface area (Å²) in [7, 11) is 0. The molecular weight excluding hydrogens is 254 g/mol. The second kappa shape index (κ2) is 6.57. The summed E-state index contributed by atoms with van der Waals surface area (Å²) < 4.78 is 17.1. The maximum atomic E-state index is 5.81. The Labute approximate surface area is 121 Å². The molecule has 0 aromatic heterocycles. The molecule has 20 heavy (non-hydrogen) atoms. The van der Waals surface area contributed by atoms with Crippen LogP contribution in [0.25, 0.3) is 0 Å². The van der Waals surface area contributed by atoms with E-state index in [0.29, 0.717) is 6.61 Å². The molecule has 0 radical (unpaired) electrons. The minimum Gasteiger partial charge on any atom is -0.491 e. The van der Waals surface area contributed by atoms with Crippen molar-refractivity contribution in [2.24, 2.45) is 0 Å². The number of para-hydroxylation sites is 1. The van der Waals surface area contributed by atoms with Gasteiger partial charge in [0.05, 0.1) is 18.8 Å². The van der Waals surface area contributed by atoms with Crippen LogP contribution in [0.5, 0.6) is 5.75 Å². The zero-order valence-electron chi connectivity index (χ0n) is 12.8. The molecule has 1 heterocycles. The lowest BCUT2D eigenvalue weighted by molar-refractivity contribution is -0.137. The fourth-order valence-corrected chi connectivity index (χ4v) is 2.25. The molecule has 4 heteroatoms. The molecule has 0 saturated carbocycles. The molecule has 1 unspecified atom stereocenters. The molecule has 1 aromatic rings. The highest BCUT2D eigenvalue weighted by Crippen LogP contribution is 2.22. The van der Waals surface area contributed by atoms with Crippen LogP contribution in [-0.4, -0.2) is 31.1 Å². The summed E-state index contributed by atoms with van der Waals surface area (Å²) in [4.78, 5) is 0. The first kappa shape index (κ1) is 15.3. The van der Waals surface area contributed by atoms with Gasteiger partial charge in [-0.05, 0) is 33.8 Å². The van der Waals surface area contributed by atoms with Gasteiger partial charge in [0.1, 0.15) is 5.75 Å². The second-order valence-corrected chi connectivity index (χ2v) is 5.86. The fraction of sp³-hybridized carbons (Fsp3) is 0.625. The van der Waals surface area contributed by atoms with E-state index < -0.39 is 5.79 Å². The zero-order chi connectivity index (χ0) is 14.6. The molecule has 1 saturated heterocycles. The monoisotopic (exact) mass is 279 g/mol. The van der Waals surface area contributed by atoms with E-state index >= 15 is 0 Å². The lowest BCUT2D eigenvalue weighted by Gasteiger charge is -2.18. The standard InChI is InChI=1S/C16H25NO3/c1-12(2)19-15-8-6-5-7-13(15)9-17-10-14-11-18-16(3,4)20-14/h5-8,12,14,17H,9-11H2,1-4H3. The van der Waals surface area contributed by atoms with Crippen LogP contribution in [0.1, 0.15) is 33.3 Å². The molecule has 1 N–H and O–H groups in total. The Balaban J connectivity index is 1.82. The van der Waals surface area contributed by atoms with Gasteiger partial charge in [0.15, 0.2) is 5.79 Å². The van der Waals surface area contributed by atoms with Gasteiger partial charge >= 0.3 is 0 Å². The summed E-state index contributed by atoms with van der Waals surface area (Å²) in [5.41, 5.74) is 1.17. The molecule has 1 atom stereocenters. The number of rotatable bonds is 6. The highest BCUT2D eigenvalue weighted by molar-refractivity contribution is 5.33. The maximum Gasteiger partial charge on any atom is 0.163 e. The predicted octanol–water partition coefficient (Wildman–Crippen LogP) is 2.71. The van der Waals surface area contributed by atoms with Crippen LogP contribution in [-0.2, 0) is 16.0 Å². The highest BCUT2D eigenvalue weighted by atomic mass is 16.7. The average molecular weight is 279 g/mol. The molecule has 1 fully saturated rings. The van der Waals surface area contributed by atoms with Crippen molar-refractivity contribution in [3.63, 3.8) is 0 Å². The quantitative estimate of drug-likeness (QED) is 0.869. The number of ether oxygens (including phenoxy) is 3. The molecule has 1 aliphatic heterocycles. The van der Waals surface area contributed by atoms with Crippen LogP contribution >= 0.6 is 0 Å². The van der Waals surface area contributed by atoms with Crippen LogP contribution in [0.3, 0.4) is 0 Å². The summed E-state index contributed by atoms with van der Waals surface area (Å²) in [6.45, 7) is 10.1. The third-order valence-electron chi connectivity index (χ3n) is 3.09. The summed E-state index contributed by atoms with van der Waals surface area (Å²) in [5.74, 6) is 0.490. The van der Waals surface area contributed by atoms with Gasteiger partial charge in [0.25, 0.3) is 0 Å². The minimum absolute atomic E-state index is 0.114. The smallest absolute Gasteiger partial charge is 0.163 e. The first-order chi connectivity index (χ1) is 9.46. The van der Waals surface area contributed by atoms with E-state index in [2.05, 4.69) is 11.4 Å². The van der Waals surface area contributed by atoms with Gasteiger partial charge in [-0.1, -0.05) is 18.2 Å². The topological polar surface area (TPSA) is 39.7 Å². The molecule has 4 nitrogen and oxygen atoms in total. The molecule has 0 bridgehead atoms. The Hall–Kier alpha value is -1.10. The summed E-state index contributed by atoms with van der Waals surface area (Å²) >= 11 is 0. The second-order valence-electron chi connectivity index (χ2n) is 5.86. The van der Waals surface area contributed by atoms with Crippen molar-refractivity contribution in [1.29, 1.82) is 0 Å². The summed E-state index contributed by atoms with van der Waals surface area (Å²) in [6, 6.07) is 8.12. The Bertz CT molecular complexity index is 431. The maximum absolute atomic E-state index is 5.81. The van der Waals surface area contributed by atoms with Gasteiger partial charge in [-0.3, -0.25) is 0 Å². The van der Waals surface area contributed by atoms with Crippen LogP contribution in [0, 0.1) is 0 Å². The Morgan fingerprint density at radius 1 is 1.35 bits per heavy atom. The number of nitrogens with one attached hydrogen (secondary N) is 1. The normalized spacial score (nSPS) is 21.4.